The second kappa shape index (κ2) is 19.7. The second-order valence-electron chi connectivity index (χ2n) is 10.8. The van der Waals surface area contributed by atoms with Gasteiger partial charge in [-0.05, 0) is 25.7 Å². The van der Waals surface area contributed by atoms with E-state index in [1.165, 1.54) is 10.7 Å². The Bertz CT molecular complexity index is 1730. The minimum atomic E-state index is -5.28. The zero-order valence-electron chi connectivity index (χ0n) is 27.8. The first-order valence-corrected chi connectivity index (χ1v) is 16.0. The molecule has 1 aromatic heterocycles. The number of hydrogen-bond acceptors (Lipinski definition) is 11. The third-order valence-electron chi connectivity index (χ3n) is 6.58. The summed E-state index contributed by atoms with van der Waals surface area (Å²) in [6.45, 7) is -1.86. The van der Waals surface area contributed by atoms with Gasteiger partial charge in [0.05, 0.1) is 24.7 Å². The quantitative estimate of drug-likeness (QED) is 0.0488. The Balaban J connectivity index is 2.45. The number of carbonyl (C=O) groups excluding carboxylic acids is 7. The number of aliphatic imine (C=N–C) groups is 1. The number of anilines is 1. The molecule has 0 aromatic carbocycles. The van der Waals surface area contributed by atoms with Crippen LogP contribution < -0.4 is 37.6 Å². The molecule has 0 unspecified atom stereocenters. The highest BCUT2D eigenvalue weighted by atomic mass is 32.1. The first-order chi connectivity index (χ1) is 25.1. The van der Waals surface area contributed by atoms with Crippen LogP contribution in [0.5, 0.6) is 0 Å². The minimum absolute atomic E-state index is 0.0508. The van der Waals surface area contributed by atoms with E-state index >= 15 is 0 Å². The lowest BCUT2D eigenvalue weighted by Crippen LogP contribution is -2.49. The summed E-state index contributed by atoms with van der Waals surface area (Å²) in [5, 5.41) is 22.1. The number of carbonyl (C=O) groups is 8. The monoisotopic (exact) mass is 798 g/mol. The second-order valence-corrected chi connectivity index (χ2v) is 11.6. The molecule has 1 aliphatic heterocycles. The maximum Gasteiger partial charge on any atom is 0.471 e. The molecule has 0 spiro atoms. The van der Waals surface area contributed by atoms with Gasteiger partial charge in [0.1, 0.15) is 17.4 Å². The van der Waals surface area contributed by atoms with E-state index in [4.69, 9.17) is 10.8 Å². The lowest BCUT2D eigenvalue weighted by atomic mass is 10.1. The summed E-state index contributed by atoms with van der Waals surface area (Å²) in [5.74, 6) is -12.4. The molecule has 0 fully saturated rings. The van der Waals surface area contributed by atoms with Gasteiger partial charge in [-0.3, -0.25) is 49.2 Å². The van der Waals surface area contributed by atoms with Crippen molar-refractivity contribution in [2.75, 3.05) is 32.0 Å². The largest absolute Gasteiger partial charge is 0.478 e. The van der Waals surface area contributed by atoms with Crippen LogP contribution >= 0.6 is 11.3 Å². The first kappa shape index (κ1) is 44.1. The van der Waals surface area contributed by atoms with Crippen LogP contribution in [0.3, 0.4) is 0 Å². The van der Waals surface area contributed by atoms with Crippen molar-refractivity contribution in [2.45, 2.75) is 50.5 Å². The number of hydrogen-bond donors (Lipinski definition) is 8. The van der Waals surface area contributed by atoms with E-state index < -0.39 is 109 Å². The smallest absolute Gasteiger partial charge is 0.471 e. The van der Waals surface area contributed by atoms with Gasteiger partial charge in [0.25, 0.3) is 11.8 Å². The molecule has 1 aliphatic rings. The predicted molar refractivity (Wildman–Crippen MR) is 172 cm³/mol. The SMILES string of the molecule is CN1C(=O)[C@@H](CCCCNC(=O)C(F)(F)F)NC(=O)Cc2csc(n2)NC(=O)/C(=C\C(=O)O)NC(=O)CNC(=O)/C1=C/CCN=C(N)NC(=O)C(F)(F)F. The molecule has 2 heterocycles. The summed E-state index contributed by atoms with van der Waals surface area (Å²) < 4.78 is 75.1. The van der Waals surface area contributed by atoms with Gasteiger partial charge in [0.15, 0.2) is 11.1 Å². The van der Waals surface area contributed by atoms with Crippen LogP contribution in [0.1, 0.15) is 31.4 Å². The zero-order valence-corrected chi connectivity index (χ0v) is 28.6. The van der Waals surface area contributed by atoms with Crippen molar-refractivity contribution < 1.29 is 69.8 Å². The van der Waals surface area contributed by atoms with Gasteiger partial charge in [-0.25, -0.2) is 9.78 Å². The molecular formula is C28H32F6N10O9S. The van der Waals surface area contributed by atoms with Crippen molar-refractivity contribution in [1.82, 2.24) is 36.5 Å². The lowest BCUT2D eigenvalue weighted by Gasteiger charge is -2.26. The summed E-state index contributed by atoms with van der Waals surface area (Å²) >= 11 is 0.812. The fourth-order valence-corrected chi connectivity index (χ4v) is 4.83. The van der Waals surface area contributed by atoms with Crippen molar-refractivity contribution in [2.24, 2.45) is 10.7 Å². The van der Waals surface area contributed by atoms with Gasteiger partial charge in [0, 0.05) is 25.5 Å². The first-order valence-electron chi connectivity index (χ1n) is 15.2. The van der Waals surface area contributed by atoms with Crippen molar-refractivity contribution in [3.8, 4) is 0 Å². The fourth-order valence-electron chi connectivity index (χ4n) is 4.13. The minimum Gasteiger partial charge on any atom is -0.478 e. The number of amides is 7. The van der Waals surface area contributed by atoms with Gasteiger partial charge in [0.2, 0.25) is 17.7 Å². The molecule has 2 bridgehead atoms. The molecule has 0 saturated heterocycles. The van der Waals surface area contributed by atoms with Crippen LogP contribution in [-0.2, 0) is 44.8 Å². The molecule has 1 aromatic rings. The number of carboxylic acids is 1. The highest BCUT2D eigenvalue weighted by Gasteiger charge is 2.39. The number of unbranched alkanes of at least 4 members (excludes halogenated alkanes) is 1. The van der Waals surface area contributed by atoms with Gasteiger partial charge in [-0.2, -0.15) is 26.3 Å². The van der Waals surface area contributed by atoms with E-state index in [0.717, 1.165) is 29.4 Å². The van der Waals surface area contributed by atoms with Gasteiger partial charge in [-0.1, -0.05) is 6.08 Å². The lowest BCUT2D eigenvalue weighted by molar-refractivity contribution is -0.173. The predicted octanol–water partition coefficient (Wildman–Crippen LogP) is -1.10. The standard InChI is InChI=1S/C28H32F6N10O9S/c1-44-16(6-4-8-37-25(35)43-24(53)28(32,33)34)21(50)38-11-18(46)41-15(10-19(47)48)20(49)42-26-39-13(12-54-26)9-17(45)40-14(22(44)51)5-2-3-7-36-23(52)27(29,30)31/h6,10,12,14H,2-5,7-9,11H2,1H3,(H,36,52)(H,38,50)(H,40,45)(H,41,46)(H,47,48)(H,39,42,49)(H3,35,37,43,53)/b15-10+,16-6-/t14-/m1/s1. The number of guanidine groups is 1. The average molecular weight is 799 g/mol. The Morgan fingerprint density at radius 3 is 2.33 bits per heavy atom. The summed E-state index contributed by atoms with van der Waals surface area (Å²) in [7, 11) is 1.06. The number of fused-ring (bicyclic) bond motifs is 2. The normalized spacial score (nSPS) is 18.6. The van der Waals surface area contributed by atoms with Crippen molar-refractivity contribution in [3.05, 3.63) is 34.6 Å². The maximum atomic E-state index is 13.7. The number of likely N-dealkylation sites (N-methyl/N-ethyl adjacent to an activating group) is 1. The van der Waals surface area contributed by atoms with Crippen molar-refractivity contribution in [1.29, 1.82) is 0 Å². The van der Waals surface area contributed by atoms with Gasteiger partial charge in [-0.15, -0.1) is 11.3 Å². The van der Waals surface area contributed by atoms with E-state index in [2.05, 4.69) is 25.9 Å². The topological polar surface area (TPSA) is 283 Å². The molecule has 296 valence electrons. The highest BCUT2D eigenvalue weighted by molar-refractivity contribution is 7.14. The number of carboxylic acid groups (broad SMARTS) is 1. The summed E-state index contributed by atoms with van der Waals surface area (Å²) in [5.41, 5.74) is 4.02. The molecule has 1 atom stereocenters. The molecule has 54 heavy (non-hydrogen) atoms. The third kappa shape index (κ3) is 14.9. The van der Waals surface area contributed by atoms with Crippen LogP contribution in [0.2, 0.25) is 0 Å². The number of alkyl halides is 6. The van der Waals surface area contributed by atoms with E-state index in [9.17, 15) is 64.7 Å². The molecule has 0 radical (unpaired) electrons. The molecular weight excluding hydrogens is 766 g/mol. The summed E-state index contributed by atoms with van der Waals surface area (Å²) in [6, 6.07) is -1.47. The summed E-state index contributed by atoms with van der Waals surface area (Å²) in [4.78, 5) is 107. The molecule has 26 heteroatoms. The van der Waals surface area contributed by atoms with E-state index in [1.807, 2.05) is 5.32 Å². The van der Waals surface area contributed by atoms with Crippen LogP contribution in [0, 0.1) is 0 Å². The molecule has 19 nitrogen and oxygen atoms in total. The molecule has 7 amide bonds. The van der Waals surface area contributed by atoms with Crippen LogP contribution in [-0.4, -0.2) is 113 Å². The van der Waals surface area contributed by atoms with Crippen LogP contribution in [0.15, 0.2) is 33.9 Å². The highest BCUT2D eigenvalue weighted by Crippen LogP contribution is 2.18. The number of halogens is 6. The Morgan fingerprint density at radius 1 is 1.04 bits per heavy atom. The van der Waals surface area contributed by atoms with Crippen LogP contribution in [0.25, 0.3) is 0 Å². The van der Waals surface area contributed by atoms with Gasteiger partial charge >= 0.3 is 30.1 Å². The van der Waals surface area contributed by atoms with Crippen molar-refractivity contribution >= 4 is 69.7 Å². The molecule has 0 saturated carbocycles. The number of nitrogens with zero attached hydrogens (tertiary/aromatic N) is 3. The molecule has 2 rings (SSSR count). The van der Waals surface area contributed by atoms with Gasteiger partial charge < -0.3 is 37.0 Å². The molecule has 0 aliphatic carbocycles. The summed E-state index contributed by atoms with van der Waals surface area (Å²) in [6.07, 6.45) is -10.3. The Labute approximate surface area is 303 Å². The zero-order chi connectivity index (χ0) is 40.8. The number of nitrogens with one attached hydrogen (secondary N) is 6. The average Bonchev–Trinajstić information content (AvgIpc) is 3.49. The number of aliphatic carboxylic acids is 1. The van der Waals surface area contributed by atoms with Crippen molar-refractivity contribution in [3.63, 3.8) is 0 Å². The van der Waals surface area contributed by atoms with E-state index in [-0.39, 0.29) is 36.5 Å². The Kier molecular flexibility index (Phi) is 16.1. The maximum absolute atomic E-state index is 13.7. The Hall–Kier alpha value is -6.08. The molecule has 9 N–H and O–H groups in total. The number of nitrogens with two attached hydrogens (primary N) is 1. The van der Waals surface area contributed by atoms with E-state index in [1.54, 1.807) is 5.32 Å². The number of thiazole rings is 1. The van der Waals surface area contributed by atoms with Crippen LogP contribution in [0.4, 0.5) is 31.5 Å². The number of rotatable bonds is 9. The third-order valence-corrected chi connectivity index (χ3v) is 7.38. The fraction of sp³-hybridized carbons (Fsp3) is 0.429. The Morgan fingerprint density at radius 2 is 1.70 bits per heavy atom. The van der Waals surface area contributed by atoms with E-state index in [0.29, 0.717) is 6.08 Å². The number of aromatic nitrogens is 1.